The van der Waals surface area contributed by atoms with Crippen LogP contribution in [0, 0.1) is 0 Å². The van der Waals surface area contributed by atoms with E-state index in [9.17, 15) is 18.0 Å². The molecule has 0 aliphatic carbocycles. The molecule has 0 spiro atoms. The van der Waals surface area contributed by atoms with Gasteiger partial charge >= 0.3 is 5.97 Å². The summed E-state index contributed by atoms with van der Waals surface area (Å²) in [5.41, 5.74) is 0.977. The predicted molar refractivity (Wildman–Crippen MR) is 94.1 cm³/mol. The number of sulfone groups is 1. The Morgan fingerprint density at radius 1 is 1.15 bits per heavy atom. The number of unbranched alkanes of at least 4 members (excludes halogenated alkanes) is 3. The predicted octanol–water partition coefficient (Wildman–Crippen LogP) is 3.15. The number of carbonyl (C=O) groups excluding carboxylic acids is 1. The number of Topliss-reactive ketones (excluding diaryl/α,β-unsaturated/α-hetero) is 1. The number of carboxylic acids is 1. The maximum absolute atomic E-state index is 11.9. The standard InChI is InChI=1S/C18H21NO6S/c1-26(23,24)14-9-6-8-13(11-14)7-4-2-3-5-10-15(20)17-19-12-16(25-17)18(21)22/h6,8-9,11-12H,2-5,7,10H2,1H3,(H,21,22). The van der Waals surface area contributed by atoms with E-state index in [0.717, 1.165) is 37.4 Å². The molecule has 0 aliphatic rings. The van der Waals surface area contributed by atoms with Gasteiger partial charge in [0, 0.05) is 12.7 Å². The number of ketones is 1. The number of carboxylic acid groups (broad SMARTS) is 1. The lowest BCUT2D eigenvalue weighted by Gasteiger charge is -2.04. The molecule has 2 rings (SSSR count). The molecule has 0 radical (unpaired) electrons. The number of hydrogen-bond acceptors (Lipinski definition) is 6. The van der Waals surface area contributed by atoms with Gasteiger partial charge in [-0.05, 0) is 37.0 Å². The molecule has 0 aliphatic heterocycles. The Kier molecular flexibility index (Phi) is 6.68. The van der Waals surface area contributed by atoms with Gasteiger partial charge in [0.15, 0.2) is 9.84 Å². The smallest absolute Gasteiger partial charge is 0.373 e. The average molecular weight is 379 g/mol. The second kappa shape index (κ2) is 8.75. The number of carbonyl (C=O) groups is 2. The van der Waals surface area contributed by atoms with Gasteiger partial charge in [-0.2, -0.15) is 0 Å². The zero-order chi connectivity index (χ0) is 19.2. The second-order valence-electron chi connectivity index (χ2n) is 6.09. The zero-order valence-electron chi connectivity index (χ0n) is 14.5. The number of hydrogen-bond donors (Lipinski definition) is 1. The fraction of sp³-hybridized carbons (Fsp3) is 0.389. The van der Waals surface area contributed by atoms with E-state index in [1.54, 1.807) is 18.2 Å². The monoisotopic (exact) mass is 379 g/mol. The van der Waals surface area contributed by atoms with Crippen LogP contribution in [-0.4, -0.2) is 36.5 Å². The summed E-state index contributed by atoms with van der Waals surface area (Å²) in [5, 5.41) is 8.73. The van der Waals surface area contributed by atoms with Gasteiger partial charge in [-0.15, -0.1) is 0 Å². The molecule has 0 bridgehead atoms. The molecule has 26 heavy (non-hydrogen) atoms. The summed E-state index contributed by atoms with van der Waals surface area (Å²) in [4.78, 5) is 26.5. The van der Waals surface area contributed by atoms with Crippen LogP contribution in [-0.2, 0) is 16.3 Å². The van der Waals surface area contributed by atoms with Crippen molar-refractivity contribution in [3.05, 3.63) is 47.7 Å². The molecule has 7 nitrogen and oxygen atoms in total. The molecule has 140 valence electrons. The number of benzene rings is 1. The molecule has 0 saturated carbocycles. The Balaban J connectivity index is 1.69. The summed E-state index contributed by atoms with van der Waals surface area (Å²) in [6.45, 7) is 0. The van der Waals surface area contributed by atoms with Crippen molar-refractivity contribution in [1.29, 1.82) is 0 Å². The number of rotatable bonds is 10. The first-order chi connectivity index (χ1) is 12.3. The highest BCUT2D eigenvalue weighted by Crippen LogP contribution is 2.15. The van der Waals surface area contributed by atoms with Gasteiger partial charge in [0.1, 0.15) is 0 Å². The molecule has 2 aromatic rings. The van der Waals surface area contributed by atoms with Crippen LogP contribution < -0.4 is 0 Å². The van der Waals surface area contributed by atoms with Crippen molar-refractivity contribution in [2.75, 3.05) is 6.26 Å². The third kappa shape index (κ3) is 5.80. The Bertz CT molecular complexity index is 885. The van der Waals surface area contributed by atoms with Crippen LogP contribution in [0.25, 0.3) is 0 Å². The van der Waals surface area contributed by atoms with E-state index in [0.29, 0.717) is 11.3 Å². The van der Waals surface area contributed by atoms with Gasteiger partial charge < -0.3 is 9.52 Å². The second-order valence-corrected chi connectivity index (χ2v) is 8.11. The maximum atomic E-state index is 11.9. The van der Waals surface area contributed by atoms with E-state index in [2.05, 4.69) is 4.98 Å². The summed E-state index contributed by atoms with van der Waals surface area (Å²) in [6, 6.07) is 6.93. The zero-order valence-corrected chi connectivity index (χ0v) is 15.3. The quantitative estimate of drug-likeness (QED) is 0.498. The van der Waals surface area contributed by atoms with Crippen LogP contribution in [0.4, 0.5) is 0 Å². The fourth-order valence-electron chi connectivity index (χ4n) is 2.51. The lowest BCUT2D eigenvalue weighted by atomic mass is 10.0. The highest BCUT2D eigenvalue weighted by Gasteiger charge is 2.16. The highest BCUT2D eigenvalue weighted by atomic mass is 32.2. The van der Waals surface area contributed by atoms with Gasteiger partial charge in [0.05, 0.1) is 11.1 Å². The molecule has 0 unspecified atom stereocenters. The fourth-order valence-corrected chi connectivity index (χ4v) is 3.20. The van der Waals surface area contributed by atoms with Crippen LogP contribution in [0.1, 0.15) is 58.9 Å². The van der Waals surface area contributed by atoms with Crippen LogP contribution in [0.3, 0.4) is 0 Å². The van der Waals surface area contributed by atoms with Crippen molar-refractivity contribution in [3.63, 3.8) is 0 Å². The summed E-state index contributed by atoms with van der Waals surface area (Å²) in [5.74, 6) is -2.07. The summed E-state index contributed by atoms with van der Waals surface area (Å²) in [6.07, 6.45) is 6.54. The van der Waals surface area contributed by atoms with E-state index >= 15 is 0 Å². The van der Waals surface area contributed by atoms with E-state index < -0.39 is 15.8 Å². The Labute approximate surface area is 152 Å². The molecule has 0 atom stereocenters. The van der Waals surface area contributed by atoms with Crippen LogP contribution >= 0.6 is 0 Å². The number of aryl methyl sites for hydroxylation is 1. The Hall–Kier alpha value is -2.48. The van der Waals surface area contributed by atoms with Crippen molar-refractivity contribution in [2.24, 2.45) is 0 Å². The van der Waals surface area contributed by atoms with E-state index in [4.69, 9.17) is 9.52 Å². The molecule has 1 aromatic heterocycles. The van der Waals surface area contributed by atoms with Crippen LogP contribution in [0.5, 0.6) is 0 Å². The largest absolute Gasteiger partial charge is 0.475 e. The first-order valence-electron chi connectivity index (χ1n) is 8.28. The molecule has 0 saturated heterocycles. The maximum Gasteiger partial charge on any atom is 0.373 e. The number of aromatic nitrogens is 1. The van der Waals surface area contributed by atoms with Gasteiger partial charge in [-0.25, -0.2) is 18.2 Å². The highest BCUT2D eigenvalue weighted by molar-refractivity contribution is 7.90. The summed E-state index contributed by atoms with van der Waals surface area (Å²) < 4.78 is 28.0. The molecular formula is C18H21NO6S. The summed E-state index contributed by atoms with van der Waals surface area (Å²) >= 11 is 0. The van der Waals surface area contributed by atoms with Crippen LogP contribution in [0.15, 0.2) is 39.8 Å². The first kappa shape index (κ1) is 19.8. The van der Waals surface area contributed by atoms with Gasteiger partial charge in [-0.1, -0.05) is 25.0 Å². The first-order valence-corrected chi connectivity index (χ1v) is 10.2. The third-order valence-corrected chi connectivity index (χ3v) is 5.01. The van der Waals surface area contributed by atoms with Crippen molar-refractivity contribution < 1.29 is 27.5 Å². The minimum atomic E-state index is -3.19. The van der Waals surface area contributed by atoms with Crippen molar-refractivity contribution in [1.82, 2.24) is 4.98 Å². The third-order valence-electron chi connectivity index (χ3n) is 3.90. The van der Waals surface area contributed by atoms with Crippen molar-refractivity contribution in [2.45, 2.75) is 43.4 Å². The summed E-state index contributed by atoms with van der Waals surface area (Å²) in [7, 11) is -3.19. The van der Waals surface area contributed by atoms with Crippen LogP contribution in [0.2, 0.25) is 0 Å². The molecule has 0 fully saturated rings. The number of aromatic carboxylic acids is 1. The minimum absolute atomic E-state index is 0.167. The molecular weight excluding hydrogens is 358 g/mol. The normalized spacial score (nSPS) is 11.4. The average Bonchev–Trinajstić information content (AvgIpc) is 3.08. The molecule has 1 heterocycles. The molecule has 1 aromatic carbocycles. The van der Waals surface area contributed by atoms with E-state index in [1.165, 1.54) is 6.26 Å². The van der Waals surface area contributed by atoms with Gasteiger partial charge in [0.25, 0.3) is 5.89 Å². The Morgan fingerprint density at radius 3 is 2.54 bits per heavy atom. The number of nitrogens with zero attached hydrogens (tertiary/aromatic N) is 1. The SMILES string of the molecule is CS(=O)(=O)c1cccc(CCCCCCC(=O)c2ncc(C(=O)O)o2)c1. The number of oxazole rings is 1. The van der Waals surface area contributed by atoms with E-state index in [-0.39, 0.29) is 23.9 Å². The Morgan fingerprint density at radius 2 is 1.88 bits per heavy atom. The lowest BCUT2D eigenvalue weighted by molar-refractivity contribution is 0.0659. The van der Waals surface area contributed by atoms with Gasteiger partial charge in [0.2, 0.25) is 11.5 Å². The van der Waals surface area contributed by atoms with Crippen molar-refractivity contribution in [3.8, 4) is 0 Å². The van der Waals surface area contributed by atoms with E-state index in [1.807, 2.05) is 6.07 Å². The molecule has 8 heteroatoms. The topological polar surface area (TPSA) is 115 Å². The molecule has 0 amide bonds. The lowest BCUT2D eigenvalue weighted by Crippen LogP contribution is -2.00. The van der Waals surface area contributed by atoms with Gasteiger partial charge in [-0.3, -0.25) is 4.79 Å². The van der Waals surface area contributed by atoms with Crippen molar-refractivity contribution >= 4 is 21.6 Å². The molecule has 1 N–H and O–H groups in total. The minimum Gasteiger partial charge on any atom is -0.475 e.